The maximum atomic E-state index is 4.33. The zero-order valence-corrected chi connectivity index (χ0v) is 11.4. The Morgan fingerprint density at radius 3 is 2.29 bits per heavy atom. The molecular weight excluding hydrogens is 326 g/mol. The maximum absolute atomic E-state index is 4.33. The normalized spacial score (nSPS) is 10.5. The van der Waals surface area contributed by atoms with E-state index in [4.69, 9.17) is 0 Å². The van der Waals surface area contributed by atoms with Gasteiger partial charge in [0.15, 0.2) is 3.92 Å². The van der Waals surface area contributed by atoms with Crippen LogP contribution in [0.1, 0.15) is 5.69 Å². The fraction of sp³-hybridized carbons (Fsp3) is 0.100. The van der Waals surface area contributed by atoms with Crippen LogP contribution in [0.2, 0.25) is 0 Å². The van der Waals surface area contributed by atoms with E-state index in [1.165, 1.54) is 10.4 Å². The molecule has 72 valence electrons. The lowest BCUT2D eigenvalue weighted by molar-refractivity contribution is 1.24. The van der Waals surface area contributed by atoms with Crippen molar-refractivity contribution in [3.63, 3.8) is 0 Å². The first-order valence-electron chi connectivity index (χ1n) is 4.05. The molecule has 0 saturated carbocycles. The molecule has 2 rings (SSSR count). The van der Waals surface area contributed by atoms with Gasteiger partial charge in [0.1, 0.15) is 0 Å². The summed E-state index contributed by atoms with van der Waals surface area (Å²) in [4.78, 5) is 5.56. The topological polar surface area (TPSA) is 12.9 Å². The lowest BCUT2D eigenvalue weighted by Crippen LogP contribution is -1.76. The molecule has 0 aliphatic heterocycles. The van der Waals surface area contributed by atoms with Gasteiger partial charge in [-0.25, -0.2) is 4.98 Å². The molecule has 1 nitrogen and oxygen atoms in total. The van der Waals surface area contributed by atoms with Gasteiger partial charge in [0.25, 0.3) is 0 Å². The number of aryl methyl sites for hydroxylation is 1. The summed E-state index contributed by atoms with van der Waals surface area (Å²) in [6.45, 7) is 2.03. The summed E-state index contributed by atoms with van der Waals surface area (Å²) in [5.74, 6) is 0. The van der Waals surface area contributed by atoms with Crippen molar-refractivity contribution in [3.05, 3.63) is 38.3 Å². The van der Waals surface area contributed by atoms with E-state index in [9.17, 15) is 0 Å². The minimum Gasteiger partial charge on any atom is -0.234 e. The van der Waals surface area contributed by atoms with Gasteiger partial charge in [0.05, 0.1) is 10.6 Å². The largest absolute Gasteiger partial charge is 0.234 e. The SMILES string of the molecule is Cc1nc(Br)sc1-c1ccc(Br)cc1. The molecule has 0 aliphatic carbocycles. The molecule has 4 heteroatoms. The lowest BCUT2D eigenvalue weighted by atomic mass is 10.2. The number of hydrogen-bond acceptors (Lipinski definition) is 2. The Bertz CT molecular complexity index is 448. The van der Waals surface area contributed by atoms with Crippen molar-refractivity contribution in [2.75, 3.05) is 0 Å². The first-order valence-corrected chi connectivity index (χ1v) is 6.46. The zero-order chi connectivity index (χ0) is 10.1. The van der Waals surface area contributed by atoms with Crippen LogP contribution in [0.4, 0.5) is 0 Å². The quantitative estimate of drug-likeness (QED) is 0.741. The van der Waals surface area contributed by atoms with E-state index in [2.05, 4.69) is 49.0 Å². The highest BCUT2D eigenvalue weighted by molar-refractivity contribution is 9.11. The number of rotatable bonds is 1. The number of hydrogen-bond donors (Lipinski definition) is 0. The van der Waals surface area contributed by atoms with Gasteiger partial charge in [0.2, 0.25) is 0 Å². The number of aromatic nitrogens is 1. The first kappa shape index (κ1) is 10.3. The van der Waals surface area contributed by atoms with E-state index in [-0.39, 0.29) is 0 Å². The van der Waals surface area contributed by atoms with Crippen molar-refractivity contribution in [3.8, 4) is 10.4 Å². The molecule has 14 heavy (non-hydrogen) atoms. The monoisotopic (exact) mass is 331 g/mol. The molecule has 0 aliphatic rings. The minimum atomic E-state index is 0.938. The average Bonchev–Trinajstić information content (AvgIpc) is 2.47. The molecule has 1 aromatic carbocycles. The van der Waals surface area contributed by atoms with Crippen molar-refractivity contribution >= 4 is 43.2 Å². The van der Waals surface area contributed by atoms with Crippen LogP contribution >= 0.6 is 43.2 Å². The highest BCUT2D eigenvalue weighted by Crippen LogP contribution is 2.32. The second kappa shape index (κ2) is 4.13. The first-order chi connectivity index (χ1) is 6.66. The van der Waals surface area contributed by atoms with E-state index in [1.54, 1.807) is 11.3 Å². The van der Waals surface area contributed by atoms with E-state index in [0.717, 1.165) is 14.1 Å². The van der Waals surface area contributed by atoms with Crippen molar-refractivity contribution in [1.29, 1.82) is 0 Å². The van der Waals surface area contributed by atoms with Crippen LogP contribution in [-0.4, -0.2) is 4.98 Å². The Balaban J connectivity index is 2.49. The molecule has 0 amide bonds. The van der Waals surface area contributed by atoms with Crippen LogP contribution in [0, 0.1) is 6.92 Å². The number of nitrogens with zero attached hydrogens (tertiary/aromatic N) is 1. The highest BCUT2D eigenvalue weighted by Gasteiger charge is 2.07. The van der Waals surface area contributed by atoms with Crippen LogP contribution in [0.3, 0.4) is 0 Å². The smallest absolute Gasteiger partial charge is 0.159 e. The van der Waals surface area contributed by atoms with Gasteiger partial charge in [-0.2, -0.15) is 0 Å². The predicted molar refractivity (Wildman–Crippen MR) is 67.7 cm³/mol. The van der Waals surface area contributed by atoms with Crippen LogP contribution < -0.4 is 0 Å². The summed E-state index contributed by atoms with van der Waals surface area (Å²) in [5.41, 5.74) is 2.29. The van der Waals surface area contributed by atoms with Gasteiger partial charge in [-0.05, 0) is 40.5 Å². The number of benzene rings is 1. The Labute approximate surface area is 103 Å². The van der Waals surface area contributed by atoms with E-state index < -0.39 is 0 Å². The third-order valence-electron chi connectivity index (χ3n) is 1.88. The summed E-state index contributed by atoms with van der Waals surface area (Å²) in [5, 5.41) is 0. The maximum Gasteiger partial charge on any atom is 0.159 e. The molecule has 0 spiro atoms. The Morgan fingerprint density at radius 2 is 1.79 bits per heavy atom. The van der Waals surface area contributed by atoms with Gasteiger partial charge in [-0.3, -0.25) is 0 Å². The summed E-state index contributed by atoms with van der Waals surface area (Å²) in [7, 11) is 0. The summed E-state index contributed by atoms with van der Waals surface area (Å²) < 4.78 is 2.04. The van der Waals surface area contributed by atoms with Crippen molar-refractivity contribution in [2.24, 2.45) is 0 Å². The Hall–Kier alpha value is -0.190. The van der Waals surface area contributed by atoms with Crippen molar-refractivity contribution < 1.29 is 0 Å². The molecule has 2 aromatic rings. The van der Waals surface area contributed by atoms with E-state index in [1.807, 2.05) is 19.1 Å². The van der Waals surface area contributed by atoms with Crippen LogP contribution in [0.25, 0.3) is 10.4 Å². The fourth-order valence-electron chi connectivity index (χ4n) is 1.23. The summed E-state index contributed by atoms with van der Waals surface area (Å²) >= 11 is 8.48. The lowest BCUT2D eigenvalue weighted by Gasteiger charge is -1.97. The summed E-state index contributed by atoms with van der Waals surface area (Å²) in [6.07, 6.45) is 0. The van der Waals surface area contributed by atoms with Crippen LogP contribution in [0.15, 0.2) is 32.7 Å². The second-order valence-electron chi connectivity index (χ2n) is 2.89. The molecule has 0 fully saturated rings. The molecule has 0 bridgehead atoms. The number of thiazole rings is 1. The zero-order valence-electron chi connectivity index (χ0n) is 7.42. The van der Waals surface area contributed by atoms with Gasteiger partial charge in [0, 0.05) is 4.47 Å². The van der Waals surface area contributed by atoms with Crippen LogP contribution in [0.5, 0.6) is 0 Å². The number of halogens is 2. The standard InChI is InChI=1S/C10H7Br2NS/c1-6-9(14-10(12)13-6)7-2-4-8(11)5-3-7/h2-5H,1H3. The molecular formula is C10H7Br2NS. The van der Waals surface area contributed by atoms with Crippen molar-refractivity contribution in [1.82, 2.24) is 4.98 Å². The van der Waals surface area contributed by atoms with Gasteiger partial charge < -0.3 is 0 Å². The summed E-state index contributed by atoms with van der Waals surface area (Å²) in [6, 6.07) is 8.28. The highest BCUT2D eigenvalue weighted by atomic mass is 79.9. The van der Waals surface area contributed by atoms with Gasteiger partial charge in [-0.1, -0.05) is 28.1 Å². The second-order valence-corrected chi connectivity index (χ2v) is 6.08. The van der Waals surface area contributed by atoms with Crippen molar-refractivity contribution in [2.45, 2.75) is 6.92 Å². The third-order valence-corrected chi connectivity index (χ3v) is 4.06. The fourth-order valence-corrected chi connectivity index (χ4v) is 3.05. The Kier molecular flexibility index (Phi) is 3.04. The average molecular weight is 333 g/mol. The van der Waals surface area contributed by atoms with Gasteiger partial charge >= 0.3 is 0 Å². The third kappa shape index (κ3) is 2.07. The molecule has 0 atom stereocenters. The minimum absolute atomic E-state index is 0.938. The molecule has 0 saturated heterocycles. The molecule has 0 unspecified atom stereocenters. The van der Waals surface area contributed by atoms with Crippen LogP contribution in [-0.2, 0) is 0 Å². The molecule has 1 aromatic heterocycles. The molecule has 0 N–H and O–H groups in total. The van der Waals surface area contributed by atoms with E-state index in [0.29, 0.717) is 0 Å². The molecule has 0 radical (unpaired) electrons. The van der Waals surface area contributed by atoms with E-state index >= 15 is 0 Å². The predicted octanol–water partition coefficient (Wildman–Crippen LogP) is 4.64. The Morgan fingerprint density at radius 1 is 1.14 bits per heavy atom. The molecule has 1 heterocycles. The van der Waals surface area contributed by atoms with Gasteiger partial charge in [-0.15, -0.1) is 11.3 Å².